The number of hydrogen-bond donors (Lipinski definition) is 1. The highest BCUT2D eigenvalue weighted by Crippen LogP contribution is 2.24. The van der Waals surface area contributed by atoms with E-state index in [2.05, 4.69) is 0 Å². The first-order chi connectivity index (χ1) is 11.6. The van der Waals surface area contributed by atoms with Crippen LogP contribution in [0.1, 0.15) is 10.4 Å². The van der Waals surface area contributed by atoms with Gasteiger partial charge in [0.2, 0.25) is 0 Å². The van der Waals surface area contributed by atoms with Crippen LogP contribution in [0.5, 0.6) is 11.5 Å². The molecule has 1 atom stereocenters. The number of morpholine rings is 1. The summed E-state index contributed by atoms with van der Waals surface area (Å²) in [5, 5.41) is 9.05. The smallest absolute Gasteiger partial charge is 0.254 e. The van der Waals surface area contributed by atoms with E-state index < -0.39 is 0 Å². The monoisotopic (exact) mass is 338 g/mol. The number of amides is 1. The molecule has 0 aliphatic carbocycles. The number of likely N-dealkylation sites (N-methyl/N-ethyl adjacent to an activating group) is 1. The van der Waals surface area contributed by atoms with E-state index in [-0.39, 0.29) is 18.6 Å². The van der Waals surface area contributed by atoms with Gasteiger partial charge in [-0.1, -0.05) is 0 Å². The van der Waals surface area contributed by atoms with Crippen LogP contribution in [-0.4, -0.2) is 87.6 Å². The molecule has 0 saturated carbocycles. The summed E-state index contributed by atoms with van der Waals surface area (Å²) < 4.78 is 16.0. The first-order valence-electron chi connectivity index (χ1n) is 8.00. The first kappa shape index (κ1) is 18.5. The quantitative estimate of drug-likeness (QED) is 0.779. The number of aliphatic hydroxyl groups is 1. The summed E-state index contributed by atoms with van der Waals surface area (Å²) in [5.41, 5.74) is 0.530. The van der Waals surface area contributed by atoms with Crippen molar-refractivity contribution in [1.29, 1.82) is 0 Å². The maximum absolute atomic E-state index is 13.0. The maximum Gasteiger partial charge on any atom is 0.254 e. The molecule has 0 radical (unpaired) electrons. The Morgan fingerprint density at radius 2 is 2.00 bits per heavy atom. The standard InChI is InChI=1S/C17H26N2O5/c1-18(4-6-20)11-14-12-24-7-5-19(14)17(21)13-8-15(22-2)10-16(9-13)23-3/h8-10,14,20H,4-7,11-12H2,1-3H3. The molecule has 1 amide bonds. The van der Waals surface area contributed by atoms with Crippen molar-refractivity contribution in [3.63, 3.8) is 0 Å². The fraction of sp³-hybridized carbons (Fsp3) is 0.588. The lowest BCUT2D eigenvalue weighted by Crippen LogP contribution is -2.53. The Kier molecular flexibility index (Phi) is 6.84. The van der Waals surface area contributed by atoms with E-state index >= 15 is 0 Å². The molecule has 0 bridgehead atoms. The molecule has 0 aromatic heterocycles. The lowest BCUT2D eigenvalue weighted by atomic mass is 10.1. The van der Waals surface area contributed by atoms with Gasteiger partial charge >= 0.3 is 0 Å². The molecule has 1 aromatic carbocycles. The van der Waals surface area contributed by atoms with Crippen LogP contribution in [0.15, 0.2) is 18.2 Å². The van der Waals surface area contributed by atoms with E-state index in [1.54, 1.807) is 32.4 Å². The number of carbonyl (C=O) groups excluding carboxylic acids is 1. The minimum atomic E-state index is -0.0714. The van der Waals surface area contributed by atoms with Crippen molar-refractivity contribution < 1.29 is 24.1 Å². The van der Waals surface area contributed by atoms with Crippen LogP contribution in [0.3, 0.4) is 0 Å². The van der Waals surface area contributed by atoms with E-state index in [4.69, 9.17) is 19.3 Å². The number of hydrogen-bond acceptors (Lipinski definition) is 6. The van der Waals surface area contributed by atoms with Crippen LogP contribution < -0.4 is 9.47 Å². The molecule has 1 N–H and O–H groups in total. The predicted octanol–water partition coefficient (Wildman–Crippen LogP) is 0.469. The Labute approximate surface area is 142 Å². The van der Waals surface area contributed by atoms with Crippen molar-refractivity contribution in [3.8, 4) is 11.5 Å². The summed E-state index contributed by atoms with van der Waals surface area (Å²) in [6.07, 6.45) is 0. The zero-order valence-corrected chi connectivity index (χ0v) is 14.5. The molecular weight excluding hydrogens is 312 g/mol. The number of nitrogens with zero attached hydrogens (tertiary/aromatic N) is 2. The molecule has 1 aliphatic heterocycles. The van der Waals surface area contributed by atoms with Crippen molar-refractivity contribution in [1.82, 2.24) is 9.80 Å². The average molecular weight is 338 g/mol. The SMILES string of the molecule is COc1cc(OC)cc(C(=O)N2CCOCC2CN(C)CCO)c1. The lowest BCUT2D eigenvalue weighted by molar-refractivity contribution is -0.0109. The highest BCUT2D eigenvalue weighted by Gasteiger charge is 2.29. The van der Waals surface area contributed by atoms with Gasteiger partial charge in [-0.15, -0.1) is 0 Å². The van der Waals surface area contributed by atoms with Gasteiger partial charge in [-0.25, -0.2) is 0 Å². The first-order valence-corrected chi connectivity index (χ1v) is 8.00. The Bertz CT molecular complexity index is 530. The van der Waals surface area contributed by atoms with Crippen molar-refractivity contribution in [3.05, 3.63) is 23.8 Å². The molecule has 24 heavy (non-hydrogen) atoms. The molecular formula is C17H26N2O5. The second kappa shape index (κ2) is 8.86. The Hall–Kier alpha value is -1.83. The Balaban J connectivity index is 2.18. The fourth-order valence-corrected chi connectivity index (χ4v) is 2.79. The van der Waals surface area contributed by atoms with E-state index in [1.807, 2.05) is 16.8 Å². The number of benzene rings is 1. The molecule has 1 fully saturated rings. The van der Waals surface area contributed by atoms with Crippen LogP contribution in [0.2, 0.25) is 0 Å². The van der Waals surface area contributed by atoms with E-state index in [9.17, 15) is 4.79 Å². The molecule has 1 aliphatic rings. The molecule has 2 rings (SSSR count). The zero-order chi connectivity index (χ0) is 17.5. The van der Waals surface area contributed by atoms with Gasteiger partial charge in [-0.2, -0.15) is 0 Å². The van der Waals surface area contributed by atoms with E-state index in [0.717, 1.165) is 0 Å². The van der Waals surface area contributed by atoms with Gasteiger partial charge in [0.15, 0.2) is 0 Å². The van der Waals surface area contributed by atoms with Crippen LogP contribution in [0.4, 0.5) is 0 Å². The third-order valence-electron chi connectivity index (χ3n) is 4.09. The molecule has 1 aromatic rings. The summed E-state index contributed by atoms with van der Waals surface area (Å²) in [6.45, 7) is 2.84. The van der Waals surface area contributed by atoms with Gasteiger partial charge in [0.05, 0.1) is 40.1 Å². The number of methoxy groups -OCH3 is 2. The minimum Gasteiger partial charge on any atom is -0.497 e. The topological polar surface area (TPSA) is 71.5 Å². The average Bonchev–Trinajstić information content (AvgIpc) is 2.61. The van der Waals surface area contributed by atoms with E-state index in [1.165, 1.54) is 0 Å². The number of ether oxygens (including phenoxy) is 3. The number of rotatable bonds is 7. The van der Waals surface area contributed by atoms with Gasteiger partial charge in [0, 0.05) is 31.3 Å². The van der Waals surface area contributed by atoms with Crippen LogP contribution in [0.25, 0.3) is 0 Å². The highest BCUT2D eigenvalue weighted by molar-refractivity contribution is 5.95. The summed E-state index contributed by atoms with van der Waals surface area (Å²) >= 11 is 0. The van der Waals surface area contributed by atoms with Crippen LogP contribution in [-0.2, 0) is 4.74 Å². The predicted molar refractivity (Wildman–Crippen MR) is 89.8 cm³/mol. The molecule has 1 unspecified atom stereocenters. The third-order valence-corrected chi connectivity index (χ3v) is 4.09. The van der Waals surface area contributed by atoms with Gasteiger partial charge in [-0.05, 0) is 19.2 Å². The Morgan fingerprint density at radius 3 is 2.58 bits per heavy atom. The molecule has 0 spiro atoms. The maximum atomic E-state index is 13.0. The molecule has 1 heterocycles. The molecule has 134 valence electrons. The third kappa shape index (κ3) is 4.59. The number of carbonyl (C=O) groups is 1. The largest absolute Gasteiger partial charge is 0.497 e. The van der Waals surface area contributed by atoms with Crippen molar-refractivity contribution in [2.45, 2.75) is 6.04 Å². The molecule has 7 heteroatoms. The summed E-state index contributed by atoms with van der Waals surface area (Å²) in [4.78, 5) is 16.8. The lowest BCUT2D eigenvalue weighted by Gasteiger charge is -2.37. The molecule has 7 nitrogen and oxygen atoms in total. The second-order valence-corrected chi connectivity index (χ2v) is 5.81. The van der Waals surface area contributed by atoms with Gasteiger partial charge in [0.25, 0.3) is 5.91 Å². The van der Waals surface area contributed by atoms with Crippen molar-refractivity contribution >= 4 is 5.91 Å². The normalized spacial score (nSPS) is 17.9. The molecule has 1 saturated heterocycles. The second-order valence-electron chi connectivity index (χ2n) is 5.81. The number of aliphatic hydroxyl groups excluding tert-OH is 1. The summed E-state index contributed by atoms with van der Waals surface area (Å²) in [6, 6.07) is 5.12. The minimum absolute atomic E-state index is 0.0556. The van der Waals surface area contributed by atoms with Crippen molar-refractivity contribution in [2.24, 2.45) is 0 Å². The van der Waals surface area contributed by atoms with Crippen LogP contribution in [0, 0.1) is 0 Å². The van der Waals surface area contributed by atoms with Crippen LogP contribution >= 0.6 is 0 Å². The Morgan fingerprint density at radius 1 is 1.33 bits per heavy atom. The van der Waals surface area contributed by atoms with Gasteiger partial charge in [-0.3, -0.25) is 4.79 Å². The highest BCUT2D eigenvalue weighted by atomic mass is 16.5. The summed E-state index contributed by atoms with van der Waals surface area (Å²) in [7, 11) is 5.04. The van der Waals surface area contributed by atoms with Crippen molar-refractivity contribution in [2.75, 3.05) is 60.7 Å². The van der Waals surface area contributed by atoms with Gasteiger partial charge < -0.3 is 29.1 Å². The summed E-state index contributed by atoms with van der Waals surface area (Å²) in [5.74, 6) is 1.10. The zero-order valence-electron chi connectivity index (χ0n) is 14.5. The fourth-order valence-electron chi connectivity index (χ4n) is 2.79. The van der Waals surface area contributed by atoms with E-state index in [0.29, 0.717) is 49.9 Å². The van der Waals surface area contributed by atoms with Gasteiger partial charge in [0.1, 0.15) is 11.5 Å².